The van der Waals surface area contributed by atoms with E-state index in [1.54, 1.807) is 6.92 Å². The zero-order valence-corrected chi connectivity index (χ0v) is 12.3. The molecule has 0 spiro atoms. The van der Waals surface area contributed by atoms with Crippen molar-refractivity contribution >= 4 is 11.7 Å². The molecule has 0 saturated carbocycles. The van der Waals surface area contributed by atoms with Gasteiger partial charge in [0.05, 0.1) is 24.7 Å². The molecule has 1 unspecified atom stereocenters. The lowest BCUT2D eigenvalue weighted by molar-refractivity contribution is -0.385. The maximum absolute atomic E-state index is 11.8. The Balaban J connectivity index is 3.03. The molecule has 0 bridgehead atoms. The summed E-state index contributed by atoms with van der Waals surface area (Å²) in [4.78, 5) is 22.1. The Kier molecular flexibility index (Phi) is 6.45. The molecule has 1 atom stereocenters. The lowest BCUT2D eigenvalue weighted by atomic mass is 10.2. The Morgan fingerprint density at radius 3 is 2.57 bits per heavy atom. The van der Waals surface area contributed by atoms with Crippen LogP contribution in [0.1, 0.15) is 26.7 Å². The van der Waals surface area contributed by atoms with E-state index in [1.165, 1.54) is 25.3 Å². The van der Waals surface area contributed by atoms with Crippen molar-refractivity contribution in [1.29, 1.82) is 0 Å². The molecule has 0 aliphatic heterocycles. The molecule has 7 heteroatoms. The zero-order chi connectivity index (χ0) is 15.8. The molecule has 0 aliphatic carbocycles. The van der Waals surface area contributed by atoms with Crippen LogP contribution in [0.25, 0.3) is 0 Å². The number of ether oxygens (including phenoxy) is 3. The SMILES string of the molecule is CCCC(Oc1cc([N+](=O)[O-])ccc1OC)C(=O)OCC. The van der Waals surface area contributed by atoms with Crippen molar-refractivity contribution in [2.45, 2.75) is 32.8 Å². The second-order valence-corrected chi connectivity index (χ2v) is 4.24. The van der Waals surface area contributed by atoms with E-state index in [9.17, 15) is 14.9 Å². The molecule has 0 amide bonds. The molecule has 1 aromatic carbocycles. The van der Waals surface area contributed by atoms with Crippen LogP contribution in [0, 0.1) is 10.1 Å². The highest BCUT2D eigenvalue weighted by Gasteiger charge is 2.23. The van der Waals surface area contributed by atoms with Crippen molar-refractivity contribution in [3.05, 3.63) is 28.3 Å². The van der Waals surface area contributed by atoms with Crippen LogP contribution >= 0.6 is 0 Å². The maximum atomic E-state index is 11.8. The van der Waals surface area contributed by atoms with Crippen LogP contribution in [-0.4, -0.2) is 30.7 Å². The van der Waals surface area contributed by atoms with Crippen molar-refractivity contribution in [2.24, 2.45) is 0 Å². The van der Waals surface area contributed by atoms with E-state index in [0.29, 0.717) is 18.6 Å². The van der Waals surface area contributed by atoms with Crippen molar-refractivity contribution < 1.29 is 23.9 Å². The summed E-state index contributed by atoms with van der Waals surface area (Å²) in [6, 6.07) is 3.98. The van der Waals surface area contributed by atoms with E-state index in [4.69, 9.17) is 14.2 Å². The van der Waals surface area contributed by atoms with Crippen LogP contribution in [0.5, 0.6) is 11.5 Å². The number of esters is 1. The van der Waals surface area contributed by atoms with Crippen LogP contribution in [0.15, 0.2) is 18.2 Å². The third-order valence-electron chi connectivity index (χ3n) is 2.73. The van der Waals surface area contributed by atoms with Crippen LogP contribution < -0.4 is 9.47 Å². The molecule has 0 radical (unpaired) electrons. The highest BCUT2D eigenvalue weighted by molar-refractivity contribution is 5.75. The van der Waals surface area contributed by atoms with Crippen LogP contribution in [0.4, 0.5) is 5.69 Å². The van der Waals surface area contributed by atoms with Crippen LogP contribution in [0.3, 0.4) is 0 Å². The molecule has 0 aromatic heterocycles. The number of non-ortho nitro benzene ring substituents is 1. The Hall–Kier alpha value is -2.31. The van der Waals surface area contributed by atoms with Gasteiger partial charge >= 0.3 is 5.97 Å². The van der Waals surface area contributed by atoms with E-state index >= 15 is 0 Å². The minimum Gasteiger partial charge on any atom is -0.493 e. The topological polar surface area (TPSA) is 87.9 Å². The largest absolute Gasteiger partial charge is 0.493 e. The first-order valence-electron chi connectivity index (χ1n) is 6.69. The van der Waals surface area contributed by atoms with Crippen molar-refractivity contribution in [1.82, 2.24) is 0 Å². The predicted molar refractivity (Wildman–Crippen MR) is 75.6 cm³/mol. The number of carbonyl (C=O) groups excluding carboxylic acids is 1. The molecule has 0 aliphatic rings. The van der Waals surface area contributed by atoms with E-state index in [0.717, 1.165) is 0 Å². The van der Waals surface area contributed by atoms with Gasteiger partial charge in [-0.25, -0.2) is 4.79 Å². The first-order chi connectivity index (χ1) is 10.0. The molecule has 0 heterocycles. The number of hydrogen-bond acceptors (Lipinski definition) is 6. The summed E-state index contributed by atoms with van der Waals surface area (Å²) in [6.07, 6.45) is 0.344. The van der Waals surface area contributed by atoms with Gasteiger partial charge in [-0.2, -0.15) is 0 Å². The van der Waals surface area contributed by atoms with Gasteiger partial charge < -0.3 is 14.2 Å². The predicted octanol–water partition coefficient (Wildman–Crippen LogP) is 2.71. The average molecular weight is 297 g/mol. The molecule has 0 fully saturated rings. The van der Waals surface area contributed by atoms with E-state index in [-0.39, 0.29) is 18.0 Å². The van der Waals surface area contributed by atoms with Crippen molar-refractivity contribution in [2.75, 3.05) is 13.7 Å². The third-order valence-corrected chi connectivity index (χ3v) is 2.73. The fourth-order valence-corrected chi connectivity index (χ4v) is 1.75. The molecule has 1 rings (SSSR count). The second kappa shape index (κ2) is 8.08. The van der Waals surface area contributed by atoms with Crippen LogP contribution in [-0.2, 0) is 9.53 Å². The summed E-state index contributed by atoms with van der Waals surface area (Å²) in [5, 5.41) is 10.8. The van der Waals surface area contributed by atoms with Gasteiger partial charge in [0.15, 0.2) is 17.6 Å². The molecule has 116 valence electrons. The fourth-order valence-electron chi connectivity index (χ4n) is 1.75. The number of nitro benzene ring substituents is 1. The molecule has 0 N–H and O–H groups in total. The summed E-state index contributed by atoms with van der Waals surface area (Å²) in [5.74, 6) is -0.0166. The molecule has 0 saturated heterocycles. The standard InChI is InChI=1S/C14H19NO6/c1-4-6-12(14(16)20-5-2)21-13-9-10(15(17)18)7-8-11(13)19-3/h7-9,12H,4-6H2,1-3H3. The van der Waals surface area contributed by atoms with Gasteiger partial charge in [0.2, 0.25) is 0 Å². The summed E-state index contributed by atoms with van der Waals surface area (Å²) < 4.78 is 15.6. The van der Waals surface area contributed by atoms with Gasteiger partial charge in [-0.15, -0.1) is 0 Å². The average Bonchev–Trinajstić information content (AvgIpc) is 2.46. The number of methoxy groups -OCH3 is 1. The smallest absolute Gasteiger partial charge is 0.347 e. The van der Waals surface area contributed by atoms with Gasteiger partial charge in [0.1, 0.15) is 0 Å². The summed E-state index contributed by atoms with van der Waals surface area (Å²) in [7, 11) is 1.42. The maximum Gasteiger partial charge on any atom is 0.347 e. The Labute approximate surface area is 123 Å². The Morgan fingerprint density at radius 1 is 1.33 bits per heavy atom. The number of rotatable bonds is 8. The molecule has 7 nitrogen and oxygen atoms in total. The Morgan fingerprint density at radius 2 is 2.05 bits per heavy atom. The molecule has 1 aromatic rings. The first-order valence-corrected chi connectivity index (χ1v) is 6.69. The molecular weight excluding hydrogens is 278 g/mol. The quantitative estimate of drug-likeness (QED) is 0.416. The number of carbonyl (C=O) groups is 1. The third kappa shape index (κ3) is 4.62. The lowest BCUT2D eigenvalue weighted by Crippen LogP contribution is -2.29. The number of nitrogens with zero attached hydrogens (tertiary/aromatic N) is 1. The summed E-state index contributed by atoms with van der Waals surface area (Å²) >= 11 is 0. The number of nitro groups is 1. The van der Waals surface area contributed by atoms with Gasteiger partial charge in [-0.1, -0.05) is 13.3 Å². The normalized spacial score (nSPS) is 11.6. The molecule has 21 heavy (non-hydrogen) atoms. The lowest BCUT2D eigenvalue weighted by Gasteiger charge is -2.18. The summed E-state index contributed by atoms with van der Waals surface area (Å²) in [5.41, 5.74) is -0.134. The van der Waals surface area contributed by atoms with Crippen LogP contribution in [0.2, 0.25) is 0 Å². The van der Waals surface area contributed by atoms with Gasteiger partial charge in [-0.05, 0) is 19.4 Å². The van der Waals surface area contributed by atoms with Crippen molar-refractivity contribution in [3.63, 3.8) is 0 Å². The second-order valence-electron chi connectivity index (χ2n) is 4.24. The highest BCUT2D eigenvalue weighted by Crippen LogP contribution is 2.32. The first kappa shape index (κ1) is 16.7. The summed E-state index contributed by atoms with van der Waals surface area (Å²) in [6.45, 7) is 3.85. The van der Waals surface area contributed by atoms with E-state index in [1.807, 2.05) is 6.92 Å². The number of benzene rings is 1. The monoisotopic (exact) mass is 297 g/mol. The number of hydrogen-bond donors (Lipinski definition) is 0. The van der Waals surface area contributed by atoms with Gasteiger partial charge in [-0.3, -0.25) is 10.1 Å². The van der Waals surface area contributed by atoms with E-state index in [2.05, 4.69) is 0 Å². The Bertz CT molecular complexity index is 502. The van der Waals surface area contributed by atoms with Crippen molar-refractivity contribution in [3.8, 4) is 11.5 Å². The fraction of sp³-hybridized carbons (Fsp3) is 0.500. The minimum atomic E-state index is -0.814. The van der Waals surface area contributed by atoms with Gasteiger partial charge in [0.25, 0.3) is 5.69 Å². The highest BCUT2D eigenvalue weighted by atomic mass is 16.6. The van der Waals surface area contributed by atoms with Gasteiger partial charge in [0, 0.05) is 6.07 Å². The molecular formula is C14H19NO6. The zero-order valence-electron chi connectivity index (χ0n) is 12.3. The van der Waals surface area contributed by atoms with E-state index < -0.39 is 17.0 Å². The minimum absolute atomic E-state index is 0.134.